The Morgan fingerprint density at radius 2 is 1.85 bits per heavy atom. The molecule has 5 heterocycles. The van der Waals surface area contributed by atoms with Gasteiger partial charge in [0.1, 0.15) is 5.60 Å². The number of amides is 2. The Labute approximate surface area is 223 Å². The van der Waals surface area contributed by atoms with Crippen molar-refractivity contribution in [3.8, 4) is 11.9 Å². The van der Waals surface area contributed by atoms with Crippen LogP contribution in [0.1, 0.15) is 25.3 Å². The highest BCUT2D eigenvalue weighted by atomic mass is 16.6. The van der Waals surface area contributed by atoms with Crippen molar-refractivity contribution in [3.63, 3.8) is 0 Å². The van der Waals surface area contributed by atoms with Crippen molar-refractivity contribution in [1.82, 2.24) is 14.8 Å². The number of carbonyl (C=O) groups is 2. The van der Waals surface area contributed by atoms with Crippen molar-refractivity contribution in [1.29, 1.82) is 5.26 Å². The third-order valence-corrected chi connectivity index (χ3v) is 8.71. The molecule has 3 saturated heterocycles. The molecule has 0 saturated carbocycles. The van der Waals surface area contributed by atoms with Crippen molar-refractivity contribution in [3.05, 3.63) is 60.3 Å². The van der Waals surface area contributed by atoms with Crippen molar-refractivity contribution in [2.75, 3.05) is 11.5 Å². The number of pyridine rings is 1. The molecule has 10 nitrogen and oxygen atoms in total. The van der Waals surface area contributed by atoms with E-state index in [1.54, 1.807) is 49.1 Å². The smallest absolute Gasteiger partial charge is 0.242 e. The second-order valence-electron chi connectivity index (χ2n) is 10.7. The number of aryl methyl sites for hydroxylation is 1. The molecule has 2 amide bonds. The summed E-state index contributed by atoms with van der Waals surface area (Å²) in [5.74, 6) is -1.93. The summed E-state index contributed by atoms with van der Waals surface area (Å²) >= 11 is 0. The van der Waals surface area contributed by atoms with E-state index in [1.165, 1.54) is 4.90 Å². The Kier molecular flexibility index (Phi) is 4.93. The molecule has 4 aromatic rings. The predicted octanol–water partition coefficient (Wildman–Crippen LogP) is 2.86. The number of rotatable bonds is 5. The molecule has 5 unspecified atom stereocenters. The Morgan fingerprint density at radius 1 is 1.10 bits per heavy atom. The maximum Gasteiger partial charge on any atom is 0.242 e. The molecule has 3 aliphatic rings. The fourth-order valence-electron chi connectivity index (χ4n) is 6.92. The quantitative estimate of drug-likeness (QED) is 0.395. The molecule has 2 bridgehead atoms. The van der Waals surface area contributed by atoms with E-state index in [0.717, 1.165) is 5.39 Å². The lowest BCUT2D eigenvalue weighted by Crippen LogP contribution is -2.49. The summed E-state index contributed by atoms with van der Waals surface area (Å²) in [5, 5.41) is 27.1. The van der Waals surface area contributed by atoms with Crippen LogP contribution in [-0.2, 0) is 21.4 Å². The van der Waals surface area contributed by atoms with Gasteiger partial charge in [-0.25, -0.2) is 14.6 Å². The largest absolute Gasteiger partial charge is 0.476 e. The lowest BCUT2D eigenvalue weighted by Gasteiger charge is -2.33. The van der Waals surface area contributed by atoms with Crippen LogP contribution in [-0.4, -0.2) is 55.6 Å². The molecule has 1 N–H and O–H groups in total. The molecule has 2 aromatic carbocycles. The highest BCUT2D eigenvalue weighted by Crippen LogP contribution is 2.62. The summed E-state index contributed by atoms with van der Waals surface area (Å²) in [6.45, 7) is 1.89. The maximum atomic E-state index is 14.1. The number of carbonyl (C=O) groups excluding carboxylic acids is 2. The molecule has 0 aliphatic carbocycles. The second-order valence-corrected chi connectivity index (χ2v) is 10.7. The highest BCUT2D eigenvalue weighted by molar-refractivity contribution is 6.26. The second kappa shape index (κ2) is 8.09. The number of anilines is 1. The van der Waals surface area contributed by atoms with Gasteiger partial charge >= 0.3 is 0 Å². The van der Waals surface area contributed by atoms with Crippen molar-refractivity contribution in [2.24, 2.45) is 18.9 Å². The van der Waals surface area contributed by atoms with Crippen LogP contribution in [0.4, 0.5) is 5.69 Å². The Hall–Kier alpha value is -4.33. The van der Waals surface area contributed by atoms with Gasteiger partial charge in [-0.2, -0.15) is 5.26 Å². The summed E-state index contributed by atoms with van der Waals surface area (Å²) in [7, 11) is 1.79. The number of aliphatic hydroxyl groups excluding tert-OH is 1. The minimum atomic E-state index is -1.20. The Morgan fingerprint density at radius 3 is 2.64 bits per heavy atom. The molecule has 0 radical (unpaired) electrons. The van der Waals surface area contributed by atoms with E-state index in [0.29, 0.717) is 40.0 Å². The molecule has 3 aliphatic heterocycles. The number of nitriles is 1. The summed E-state index contributed by atoms with van der Waals surface area (Å²) in [5.41, 5.74) is -0.675. The fourth-order valence-corrected chi connectivity index (χ4v) is 6.92. The number of ether oxygens (including phenoxy) is 2. The van der Waals surface area contributed by atoms with Gasteiger partial charge < -0.3 is 14.6 Å². The minimum Gasteiger partial charge on any atom is -0.476 e. The van der Waals surface area contributed by atoms with Crippen LogP contribution in [0.15, 0.2) is 54.7 Å². The Balaban J connectivity index is 1.23. The number of aromatic nitrogens is 3. The first kappa shape index (κ1) is 23.8. The monoisotopic (exact) mass is 523 g/mol. The average Bonchev–Trinajstić information content (AvgIpc) is 3.58. The zero-order valence-electron chi connectivity index (χ0n) is 21.4. The standard InChI is InChI=1S/C29H25N5O5/c1-28-21(35)14-29(39-28,11-13-38-25-19-8-5-12-31-24(19)33(2)32-25)23-22(28)26(36)34(27(23)37)20-10-9-16(15-30)17-6-3-4-7-18(17)20/h3-10,12,21-23,35H,11,13-14H2,1-2H3. The normalized spacial score (nSPS) is 29.4. The topological polar surface area (TPSA) is 131 Å². The molecule has 2 aromatic heterocycles. The van der Waals surface area contributed by atoms with Gasteiger partial charge in [-0.05, 0) is 31.2 Å². The van der Waals surface area contributed by atoms with E-state index in [9.17, 15) is 20.0 Å². The van der Waals surface area contributed by atoms with Gasteiger partial charge in [0.2, 0.25) is 17.7 Å². The number of fused-ring (bicyclic) bond motifs is 7. The molecule has 7 rings (SSSR count). The van der Waals surface area contributed by atoms with Crippen LogP contribution in [0.25, 0.3) is 21.8 Å². The molecule has 196 valence electrons. The number of hydrogen-bond acceptors (Lipinski definition) is 8. The molecular weight excluding hydrogens is 498 g/mol. The van der Waals surface area contributed by atoms with Crippen LogP contribution >= 0.6 is 0 Å². The average molecular weight is 524 g/mol. The molecule has 10 heteroatoms. The van der Waals surface area contributed by atoms with E-state index < -0.39 is 35.0 Å². The van der Waals surface area contributed by atoms with Crippen LogP contribution in [0.3, 0.4) is 0 Å². The van der Waals surface area contributed by atoms with Crippen molar-refractivity contribution < 1.29 is 24.2 Å². The van der Waals surface area contributed by atoms with E-state index >= 15 is 0 Å². The van der Waals surface area contributed by atoms with Gasteiger partial charge in [0.15, 0.2) is 5.65 Å². The number of imide groups is 1. The first-order chi connectivity index (χ1) is 18.8. The first-order valence-corrected chi connectivity index (χ1v) is 12.9. The summed E-state index contributed by atoms with van der Waals surface area (Å²) in [6, 6.07) is 16.4. The van der Waals surface area contributed by atoms with Crippen molar-refractivity contribution >= 4 is 39.3 Å². The number of nitrogens with zero attached hydrogens (tertiary/aromatic N) is 5. The van der Waals surface area contributed by atoms with E-state index in [2.05, 4.69) is 16.2 Å². The van der Waals surface area contributed by atoms with Gasteiger partial charge in [-0.1, -0.05) is 24.3 Å². The van der Waals surface area contributed by atoms with Gasteiger partial charge in [-0.15, -0.1) is 5.10 Å². The minimum absolute atomic E-state index is 0.175. The van der Waals surface area contributed by atoms with Gasteiger partial charge in [0, 0.05) is 36.9 Å². The molecule has 5 atom stereocenters. The number of aliphatic hydroxyl groups is 1. The SMILES string of the molecule is Cn1nc(OCCC23CC(O)C(C)(O2)C2C(=O)N(c4ccc(C#N)c5ccccc45)C(=O)C23)c2cccnc21. The van der Waals surface area contributed by atoms with Gasteiger partial charge in [0.05, 0.1) is 52.9 Å². The van der Waals surface area contributed by atoms with E-state index in [4.69, 9.17) is 9.47 Å². The van der Waals surface area contributed by atoms with Crippen LogP contribution in [0.2, 0.25) is 0 Å². The van der Waals surface area contributed by atoms with Gasteiger partial charge in [-0.3, -0.25) is 9.59 Å². The third kappa shape index (κ3) is 3.08. The molecule has 39 heavy (non-hydrogen) atoms. The van der Waals surface area contributed by atoms with Crippen LogP contribution in [0, 0.1) is 23.2 Å². The summed E-state index contributed by atoms with van der Waals surface area (Å²) in [6.07, 6.45) is 1.29. The van der Waals surface area contributed by atoms with Crippen LogP contribution in [0.5, 0.6) is 5.88 Å². The zero-order chi connectivity index (χ0) is 27.1. The fraction of sp³-hybridized carbons (Fsp3) is 0.345. The maximum absolute atomic E-state index is 14.1. The highest BCUT2D eigenvalue weighted by Gasteiger charge is 2.77. The third-order valence-electron chi connectivity index (χ3n) is 8.71. The van der Waals surface area contributed by atoms with Crippen LogP contribution < -0.4 is 9.64 Å². The first-order valence-electron chi connectivity index (χ1n) is 12.9. The van der Waals surface area contributed by atoms with Gasteiger partial charge in [0.25, 0.3) is 0 Å². The molecule has 3 fully saturated rings. The Bertz CT molecular complexity index is 1740. The summed E-state index contributed by atoms with van der Waals surface area (Å²) < 4.78 is 14.1. The van der Waals surface area contributed by atoms with Crippen molar-refractivity contribution in [2.45, 2.75) is 37.1 Å². The van der Waals surface area contributed by atoms with E-state index in [-0.39, 0.29) is 18.9 Å². The molecular formula is C29H25N5O5. The lowest BCUT2D eigenvalue weighted by atomic mass is 9.66. The lowest BCUT2D eigenvalue weighted by molar-refractivity contribution is -0.134. The predicted molar refractivity (Wildman–Crippen MR) is 140 cm³/mol. The number of hydrogen-bond donors (Lipinski definition) is 1. The number of benzene rings is 2. The zero-order valence-corrected chi connectivity index (χ0v) is 21.4. The molecule has 0 spiro atoms. The summed E-state index contributed by atoms with van der Waals surface area (Å²) in [4.78, 5) is 33.5. The van der Waals surface area contributed by atoms with E-state index in [1.807, 2.05) is 24.3 Å².